The number of para-hydroxylation sites is 1. The lowest BCUT2D eigenvalue weighted by Crippen LogP contribution is -2.45. The van der Waals surface area contributed by atoms with Gasteiger partial charge in [-0.25, -0.2) is 4.79 Å². The van der Waals surface area contributed by atoms with E-state index < -0.39 is 11.9 Å². The molecule has 0 saturated heterocycles. The van der Waals surface area contributed by atoms with Crippen molar-refractivity contribution in [3.05, 3.63) is 29.8 Å². The molecule has 5 heteroatoms. The van der Waals surface area contributed by atoms with E-state index in [1.54, 1.807) is 11.8 Å². The molecular formula is C14H18N2O3. The van der Waals surface area contributed by atoms with Gasteiger partial charge in [-0.2, -0.15) is 0 Å². The van der Waals surface area contributed by atoms with E-state index in [1.165, 1.54) is 0 Å². The average Bonchev–Trinajstić information content (AvgIpc) is 2.71. The van der Waals surface area contributed by atoms with Gasteiger partial charge in [-0.15, -0.1) is 0 Å². The van der Waals surface area contributed by atoms with Crippen LogP contribution in [0.4, 0.5) is 10.5 Å². The Morgan fingerprint density at radius 2 is 2.16 bits per heavy atom. The molecule has 1 aromatic carbocycles. The highest BCUT2D eigenvalue weighted by Crippen LogP contribution is 2.31. The van der Waals surface area contributed by atoms with Crippen molar-refractivity contribution in [1.82, 2.24) is 5.32 Å². The number of hydrogen-bond acceptors (Lipinski definition) is 2. The van der Waals surface area contributed by atoms with Crippen molar-refractivity contribution >= 4 is 17.7 Å². The molecule has 2 amide bonds. The zero-order valence-electron chi connectivity index (χ0n) is 11.1. The number of carboxylic acid groups (broad SMARTS) is 1. The maximum Gasteiger partial charge on any atom is 0.322 e. The molecule has 0 spiro atoms. The van der Waals surface area contributed by atoms with Gasteiger partial charge < -0.3 is 10.4 Å². The van der Waals surface area contributed by atoms with Crippen molar-refractivity contribution in [3.8, 4) is 0 Å². The molecule has 0 fully saturated rings. The molecular weight excluding hydrogens is 244 g/mol. The number of urea groups is 1. The van der Waals surface area contributed by atoms with E-state index in [1.807, 2.05) is 31.2 Å². The van der Waals surface area contributed by atoms with Crippen molar-refractivity contribution in [2.24, 2.45) is 5.92 Å². The van der Waals surface area contributed by atoms with Crippen LogP contribution in [-0.2, 0) is 11.2 Å². The summed E-state index contributed by atoms with van der Waals surface area (Å²) < 4.78 is 0. The van der Waals surface area contributed by atoms with E-state index in [-0.39, 0.29) is 18.6 Å². The fourth-order valence-corrected chi connectivity index (χ4v) is 2.29. The number of anilines is 1. The molecule has 1 aliphatic rings. The first kappa shape index (κ1) is 13.4. The van der Waals surface area contributed by atoms with Crippen LogP contribution in [0, 0.1) is 5.92 Å². The van der Waals surface area contributed by atoms with Gasteiger partial charge in [0.05, 0.1) is 5.92 Å². The second kappa shape index (κ2) is 5.30. The predicted molar refractivity (Wildman–Crippen MR) is 72.3 cm³/mol. The monoisotopic (exact) mass is 262 g/mol. The van der Waals surface area contributed by atoms with E-state index in [4.69, 9.17) is 5.11 Å². The standard InChI is InChI=1S/C14H18N2O3/c1-9(13(17)18)8-15-14(19)16-10(2)7-11-5-3-4-6-12(11)16/h3-6,9-10H,7-8H2,1-2H3,(H,15,19)(H,17,18). The largest absolute Gasteiger partial charge is 0.481 e. The number of nitrogens with zero attached hydrogens (tertiary/aromatic N) is 1. The molecule has 0 radical (unpaired) electrons. The Bertz CT molecular complexity index is 501. The first-order chi connectivity index (χ1) is 9.00. The minimum absolute atomic E-state index is 0.0949. The quantitative estimate of drug-likeness (QED) is 0.873. The topological polar surface area (TPSA) is 69.6 Å². The summed E-state index contributed by atoms with van der Waals surface area (Å²) in [7, 11) is 0. The minimum atomic E-state index is -0.907. The Morgan fingerprint density at radius 3 is 2.84 bits per heavy atom. The van der Waals surface area contributed by atoms with Crippen molar-refractivity contribution in [3.63, 3.8) is 0 Å². The van der Waals surface area contributed by atoms with Crippen molar-refractivity contribution in [2.75, 3.05) is 11.4 Å². The van der Waals surface area contributed by atoms with Crippen LogP contribution < -0.4 is 10.2 Å². The summed E-state index contributed by atoms with van der Waals surface area (Å²) in [5.41, 5.74) is 2.06. The number of fused-ring (bicyclic) bond motifs is 1. The lowest BCUT2D eigenvalue weighted by molar-refractivity contribution is -0.140. The molecule has 1 aliphatic heterocycles. The molecule has 0 bridgehead atoms. The van der Waals surface area contributed by atoms with Gasteiger partial charge in [0, 0.05) is 18.3 Å². The number of rotatable bonds is 3. The summed E-state index contributed by atoms with van der Waals surface area (Å²) in [5, 5.41) is 11.5. The van der Waals surface area contributed by atoms with Crippen LogP contribution in [0.5, 0.6) is 0 Å². The van der Waals surface area contributed by atoms with E-state index in [0.717, 1.165) is 17.7 Å². The van der Waals surface area contributed by atoms with Crippen molar-refractivity contribution in [2.45, 2.75) is 26.3 Å². The van der Waals surface area contributed by atoms with Crippen LogP contribution in [0.3, 0.4) is 0 Å². The molecule has 5 nitrogen and oxygen atoms in total. The van der Waals surface area contributed by atoms with E-state index in [2.05, 4.69) is 5.32 Å². The number of nitrogens with one attached hydrogen (secondary N) is 1. The van der Waals surface area contributed by atoms with Crippen LogP contribution in [-0.4, -0.2) is 29.7 Å². The third kappa shape index (κ3) is 2.70. The second-order valence-electron chi connectivity index (χ2n) is 4.98. The maximum absolute atomic E-state index is 12.2. The van der Waals surface area contributed by atoms with Crippen molar-refractivity contribution < 1.29 is 14.7 Å². The number of amides is 2. The molecule has 2 N–H and O–H groups in total. The highest BCUT2D eigenvalue weighted by atomic mass is 16.4. The molecule has 0 saturated carbocycles. The van der Waals surface area contributed by atoms with Crippen LogP contribution in [0.1, 0.15) is 19.4 Å². The Labute approximate surface area is 112 Å². The fraction of sp³-hybridized carbons (Fsp3) is 0.429. The SMILES string of the molecule is CC(CNC(=O)N1c2ccccc2CC1C)C(=O)O. The Morgan fingerprint density at radius 1 is 1.47 bits per heavy atom. The van der Waals surface area contributed by atoms with Gasteiger partial charge in [-0.3, -0.25) is 9.69 Å². The van der Waals surface area contributed by atoms with Crippen LogP contribution in [0.2, 0.25) is 0 Å². The van der Waals surface area contributed by atoms with Crippen LogP contribution >= 0.6 is 0 Å². The van der Waals surface area contributed by atoms with E-state index in [0.29, 0.717) is 0 Å². The van der Waals surface area contributed by atoms with E-state index >= 15 is 0 Å². The van der Waals surface area contributed by atoms with Gasteiger partial charge in [0.25, 0.3) is 0 Å². The lowest BCUT2D eigenvalue weighted by Gasteiger charge is -2.23. The van der Waals surface area contributed by atoms with E-state index in [9.17, 15) is 9.59 Å². The fourth-order valence-electron chi connectivity index (χ4n) is 2.29. The molecule has 2 rings (SSSR count). The highest BCUT2D eigenvalue weighted by molar-refractivity contribution is 5.95. The molecule has 102 valence electrons. The molecule has 19 heavy (non-hydrogen) atoms. The predicted octanol–water partition coefficient (Wildman–Crippen LogP) is 1.87. The number of benzene rings is 1. The molecule has 1 aromatic rings. The first-order valence-corrected chi connectivity index (χ1v) is 6.38. The Kier molecular flexibility index (Phi) is 3.74. The van der Waals surface area contributed by atoms with Crippen LogP contribution in [0.25, 0.3) is 0 Å². The molecule has 2 unspecified atom stereocenters. The smallest absolute Gasteiger partial charge is 0.322 e. The summed E-state index contributed by atoms with van der Waals surface area (Å²) in [5.74, 6) is -1.49. The molecule has 0 aromatic heterocycles. The molecule has 0 aliphatic carbocycles. The number of carbonyl (C=O) groups excluding carboxylic acids is 1. The van der Waals surface area contributed by atoms with Gasteiger partial charge in [0.2, 0.25) is 0 Å². The van der Waals surface area contributed by atoms with Gasteiger partial charge in [0.15, 0.2) is 0 Å². The number of aliphatic carboxylic acids is 1. The normalized spacial score (nSPS) is 18.8. The highest BCUT2D eigenvalue weighted by Gasteiger charge is 2.30. The average molecular weight is 262 g/mol. The number of hydrogen-bond donors (Lipinski definition) is 2. The third-order valence-corrected chi connectivity index (χ3v) is 3.41. The number of carbonyl (C=O) groups is 2. The third-order valence-electron chi connectivity index (χ3n) is 3.41. The van der Waals surface area contributed by atoms with Gasteiger partial charge in [-0.05, 0) is 25.0 Å². The summed E-state index contributed by atoms with van der Waals surface area (Å²) >= 11 is 0. The summed E-state index contributed by atoms with van der Waals surface area (Å²) in [4.78, 5) is 24.6. The summed E-state index contributed by atoms with van der Waals surface area (Å²) in [6.07, 6.45) is 0.831. The summed E-state index contributed by atoms with van der Waals surface area (Å²) in [6, 6.07) is 7.65. The van der Waals surface area contributed by atoms with Crippen LogP contribution in [0.15, 0.2) is 24.3 Å². The van der Waals surface area contributed by atoms with Gasteiger partial charge in [-0.1, -0.05) is 25.1 Å². The van der Waals surface area contributed by atoms with Crippen molar-refractivity contribution in [1.29, 1.82) is 0 Å². The molecule has 2 atom stereocenters. The zero-order valence-corrected chi connectivity index (χ0v) is 11.1. The van der Waals surface area contributed by atoms with Gasteiger partial charge >= 0.3 is 12.0 Å². The minimum Gasteiger partial charge on any atom is -0.481 e. The first-order valence-electron chi connectivity index (χ1n) is 6.38. The lowest BCUT2D eigenvalue weighted by atomic mass is 10.1. The second-order valence-corrected chi connectivity index (χ2v) is 4.98. The zero-order chi connectivity index (χ0) is 14.0. The summed E-state index contributed by atoms with van der Waals surface area (Å²) in [6.45, 7) is 3.70. The van der Waals surface area contributed by atoms with Gasteiger partial charge in [0.1, 0.15) is 0 Å². The molecule has 1 heterocycles. The Balaban J connectivity index is 2.06. The number of carboxylic acids is 1. The Hall–Kier alpha value is -2.04. The maximum atomic E-state index is 12.2.